The second-order valence-corrected chi connectivity index (χ2v) is 7.43. The minimum absolute atomic E-state index is 0.326. The third kappa shape index (κ3) is 4.08. The molecule has 1 aliphatic heterocycles. The molecule has 2 N–H and O–H groups in total. The molecule has 31 heavy (non-hydrogen) atoms. The number of pyridine rings is 1. The second-order valence-electron chi connectivity index (χ2n) is 7.43. The van der Waals surface area contributed by atoms with Crippen molar-refractivity contribution in [2.45, 2.75) is 12.8 Å². The van der Waals surface area contributed by atoms with Gasteiger partial charge in [0.15, 0.2) is 28.9 Å². The number of nitrogen functional groups attached to an aromatic ring is 1. The van der Waals surface area contributed by atoms with Gasteiger partial charge in [0.25, 0.3) is 0 Å². The summed E-state index contributed by atoms with van der Waals surface area (Å²) in [4.78, 5) is 6.32. The molecule has 1 atom stereocenters. The zero-order valence-corrected chi connectivity index (χ0v) is 18.0. The van der Waals surface area contributed by atoms with Gasteiger partial charge in [0.05, 0.1) is 39.5 Å². The first kappa shape index (κ1) is 20.8. The van der Waals surface area contributed by atoms with Crippen LogP contribution in [0.4, 0.5) is 11.6 Å². The smallest absolute Gasteiger partial charge is 0.204 e. The molecule has 0 aliphatic carbocycles. The standard InChI is InChI=1S/C22H27N5O4/c1-28-18-10-15-16(19(29-2)20(18)30-3)11-25-26-22(15)27-9-5-6-14(12-27)13-31-17-7-4-8-24-21(17)23/h4,7-8,10-11,14H,5-6,9,12-13H2,1-3H3,(H2,23,24). The summed E-state index contributed by atoms with van der Waals surface area (Å²) in [5.41, 5.74) is 5.90. The highest BCUT2D eigenvalue weighted by molar-refractivity contribution is 5.99. The molecule has 9 nitrogen and oxygen atoms in total. The monoisotopic (exact) mass is 425 g/mol. The first-order valence-corrected chi connectivity index (χ1v) is 10.2. The molecule has 9 heteroatoms. The number of hydrogen-bond donors (Lipinski definition) is 1. The number of ether oxygens (including phenoxy) is 4. The Morgan fingerprint density at radius 1 is 1.10 bits per heavy atom. The van der Waals surface area contributed by atoms with Crippen molar-refractivity contribution >= 4 is 22.4 Å². The van der Waals surface area contributed by atoms with E-state index in [1.807, 2.05) is 18.2 Å². The van der Waals surface area contributed by atoms with Crippen LogP contribution >= 0.6 is 0 Å². The highest BCUT2D eigenvalue weighted by atomic mass is 16.5. The number of anilines is 2. The van der Waals surface area contributed by atoms with E-state index in [1.54, 1.807) is 33.7 Å². The molecule has 1 saturated heterocycles. The molecule has 1 aliphatic rings. The quantitative estimate of drug-likeness (QED) is 0.611. The van der Waals surface area contributed by atoms with Crippen LogP contribution in [0, 0.1) is 5.92 Å². The van der Waals surface area contributed by atoms with Crippen LogP contribution in [0.25, 0.3) is 10.8 Å². The molecule has 0 spiro atoms. The number of methoxy groups -OCH3 is 3. The molecule has 2 aromatic heterocycles. The fourth-order valence-corrected chi connectivity index (χ4v) is 4.05. The Morgan fingerprint density at radius 2 is 1.94 bits per heavy atom. The Kier molecular flexibility index (Phi) is 6.11. The summed E-state index contributed by atoms with van der Waals surface area (Å²) in [7, 11) is 4.80. The molecule has 4 rings (SSSR count). The number of hydrogen-bond acceptors (Lipinski definition) is 9. The van der Waals surface area contributed by atoms with Crippen molar-refractivity contribution in [1.82, 2.24) is 15.2 Å². The van der Waals surface area contributed by atoms with Crippen LogP contribution in [0.5, 0.6) is 23.0 Å². The van der Waals surface area contributed by atoms with Gasteiger partial charge < -0.3 is 29.6 Å². The van der Waals surface area contributed by atoms with Crippen molar-refractivity contribution in [3.05, 3.63) is 30.6 Å². The fraction of sp³-hybridized carbons (Fsp3) is 0.409. The van der Waals surface area contributed by atoms with E-state index in [-0.39, 0.29) is 0 Å². The maximum absolute atomic E-state index is 5.94. The SMILES string of the molecule is COc1cc2c(N3CCCC(COc4cccnc4N)C3)nncc2c(OC)c1OC. The lowest BCUT2D eigenvalue weighted by Crippen LogP contribution is -2.38. The van der Waals surface area contributed by atoms with Crippen molar-refractivity contribution in [1.29, 1.82) is 0 Å². The van der Waals surface area contributed by atoms with Crippen LogP contribution in [-0.2, 0) is 0 Å². The Labute approximate surface area is 181 Å². The van der Waals surface area contributed by atoms with Crippen molar-refractivity contribution in [2.75, 3.05) is 51.7 Å². The highest BCUT2D eigenvalue weighted by Gasteiger charge is 2.26. The number of nitrogens with zero attached hydrogens (tertiary/aromatic N) is 4. The number of benzene rings is 1. The van der Waals surface area contributed by atoms with Gasteiger partial charge >= 0.3 is 0 Å². The van der Waals surface area contributed by atoms with Crippen LogP contribution in [-0.4, -0.2) is 56.2 Å². The zero-order chi connectivity index (χ0) is 21.8. The van der Waals surface area contributed by atoms with E-state index in [2.05, 4.69) is 20.1 Å². The molecule has 0 radical (unpaired) electrons. The Bertz CT molecular complexity index is 1060. The summed E-state index contributed by atoms with van der Waals surface area (Å²) in [6.45, 7) is 2.24. The number of nitrogens with two attached hydrogens (primary N) is 1. The summed E-state index contributed by atoms with van der Waals surface area (Å²) in [5.74, 6) is 3.85. The van der Waals surface area contributed by atoms with E-state index in [0.29, 0.717) is 41.3 Å². The van der Waals surface area contributed by atoms with Crippen LogP contribution < -0.4 is 29.6 Å². The number of rotatable bonds is 7. The lowest BCUT2D eigenvalue weighted by Gasteiger charge is -2.34. The van der Waals surface area contributed by atoms with Crippen LogP contribution in [0.1, 0.15) is 12.8 Å². The summed E-state index contributed by atoms with van der Waals surface area (Å²) in [6, 6.07) is 5.59. The summed E-state index contributed by atoms with van der Waals surface area (Å²) in [5, 5.41) is 10.4. The van der Waals surface area contributed by atoms with Crippen LogP contribution in [0.3, 0.4) is 0 Å². The lowest BCUT2D eigenvalue weighted by molar-refractivity contribution is 0.229. The Morgan fingerprint density at radius 3 is 2.68 bits per heavy atom. The van der Waals surface area contributed by atoms with Gasteiger partial charge in [-0.05, 0) is 31.0 Å². The molecule has 0 saturated carbocycles. The van der Waals surface area contributed by atoms with Gasteiger partial charge in [-0.25, -0.2) is 4.98 Å². The van der Waals surface area contributed by atoms with Crippen molar-refractivity contribution < 1.29 is 18.9 Å². The predicted octanol–water partition coefficient (Wildman–Crippen LogP) is 2.93. The third-order valence-electron chi connectivity index (χ3n) is 5.54. The van der Waals surface area contributed by atoms with E-state index >= 15 is 0 Å². The largest absolute Gasteiger partial charge is 0.493 e. The zero-order valence-electron chi connectivity index (χ0n) is 18.0. The minimum atomic E-state index is 0.326. The second kappa shape index (κ2) is 9.11. The van der Waals surface area contributed by atoms with Gasteiger partial charge in [-0.2, -0.15) is 5.10 Å². The normalized spacial score (nSPS) is 16.2. The van der Waals surface area contributed by atoms with E-state index in [0.717, 1.165) is 42.5 Å². The van der Waals surface area contributed by atoms with Crippen LogP contribution in [0.2, 0.25) is 0 Å². The van der Waals surface area contributed by atoms with Crippen molar-refractivity contribution in [3.8, 4) is 23.0 Å². The molecule has 0 amide bonds. The number of aromatic nitrogens is 3. The maximum atomic E-state index is 5.94. The maximum Gasteiger partial charge on any atom is 0.204 e. The Hall–Kier alpha value is -3.49. The fourth-order valence-electron chi connectivity index (χ4n) is 4.05. The van der Waals surface area contributed by atoms with Gasteiger partial charge in [-0.3, -0.25) is 0 Å². The van der Waals surface area contributed by atoms with Gasteiger partial charge in [0, 0.05) is 30.6 Å². The summed E-state index contributed by atoms with van der Waals surface area (Å²) >= 11 is 0. The molecule has 1 fully saturated rings. The Balaban J connectivity index is 1.61. The number of piperidine rings is 1. The van der Waals surface area contributed by atoms with E-state index < -0.39 is 0 Å². The lowest BCUT2D eigenvalue weighted by atomic mass is 9.98. The van der Waals surface area contributed by atoms with Crippen molar-refractivity contribution in [3.63, 3.8) is 0 Å². The molecular formula is C22H27N5O4. The average Bonchev–Trinajstić information content (AvgIpc) is 2.81. The predicted molar refractivity (Wildman–Crippen MR) is 118 cm³/mol. The van der Waals surface area contributed by atoms with E-state index in [9.17, 15) is 0 Å². The van der Waals surface area contributed by atoms with E-state index in [4.69, 9.17) is 24.7 Å². The highest BCUT2D eigenvalue weighted by Crippen LogP contribution is 2.45. The average molecular weight is 425 g/mol. The first-order valence-electron chi connectivity index (χ1n) is 10.2. The first-order chi connectivity index (χ1) is 15.2. The molecule has 1 unspecified atom stereocenters. The van der Waals surface area contributed by atoms with Crippen molar-refractivity contribution in [2.24, 2.45) is 5.92 Å². The third-order valence-corrected chi connectivity index (χ3v) is 5.54. The van der Waals surface area contributed by atoms with Crippen LogP contribution in [0.15, 0.2) is 30.6 Å². The molecule has 3 heterocycles. The van der Waals surface area contributed by atoms with Gasteiger partial charge in [0.2, 0.25) is 5.75 Å². The summed E-state index contributed by atoms with van der Waals surface area (Å²) < 4.78 is 22.6. The minimum Gasteiger partial charge on any atom is -0.493 e. The van der Waals surface area contributed by atoms with E-state index in [1.165, 1.54) is 0 Å². The molecule has 164 valence electrons. The molecule has 0 bridgehead atoms. The van der Waals surface area contributed by atoms with Gasteiger partial charge in [-0.15, -0.1) is 5.10 Å². The topological polar surface area (TPSA) is 105 Å². The summed E-state index contributed by atoms with van der Waals surface area (Å²) in [6.07, 6.45) is 5.44. The number of fused-ring (bicyclic) bond motifs is 1. The molecule has 1 aromatic carbocycles. The molecular weight excluding hydrogens is 398 g/mol. The van der Waals surface area contributed by atoms with Gasteiger partial charge in [0.1, 0.15) is 0 Å². The van der Waals surface area contributed by atoms with Gasteiger partial charge in [-0.1, -0.05) is 0 Å². The molecule has 3 aromatic rings.